The lowest BCUT2D eigenvalue weighted by atomic mass is 9.89. The Morgan fingerprint density at radius 3 is 2.04 bits per heavy atom. The molecule has 0 amide bonds. The number of nitrogens with zero attached hydrogens (tertiary/aromatic N) is 2. The zero-order valence-electron chi connectivity index (χ0n) is 24.2. The van der Waals surface area contributed by atoms with Crippen molar-refractivity contribution in [1.82, 2.24) is 9.97 Å². The van der Waals surface area contributed by atoms with Crippen LogP contribution in [0.5, 0.6) is 0 Å². The van der Waals surface area contributed by atoms with E-state index in [2.05, 4.69) is 133 Å². The summed E-state index contributed by atoms with van der Waals surface area (Å²) in [7, 11) is 0. The molecule has 45 heavy (non-hydrogen) atoms. The van der Waals surface area contributed by atoms with E-state index in [1.165, 1.54) is 38.1 Å². The molecular weight excluding hydrogens is 548 g/mol. The molecule has 0 bridgehead atoms. The average Bonchev–Trinajstić information content (AvgIpc) is 3.51. The van der Waals surface area contributed by atoms with Crippen LogP contribution in [0.1, 0.15) is 0 Å². The molecule has 0 radical (unpaired) electrons. The van der Waals surface area contributed by atoms with E-state index >= 15 is 0 Å². The highest BCUT2D eigenvalue weighted by atomic mass is 16.3. The first-order valence-corrected chi connectivity index (χ1v) is 15.2. The fraction of sp³-hybridized carbons (Fsp3) is 0. The number of benzene rings is 8. The molecule has 0 aliphatic heterocycles. The Kier molecular flexibility index (Phi) is 5.00. The van der Waals surface area contributed by atoms with Crippen LogP contribution in [0.25, 0.3) is 98.4 Å². The second-order valence-corrected chi connectivity index (χ2v) is 11.7. The van der Waals surface area contributed by atoms with Gasteiger partial charge in [0.1, 0.15) is 11.2 Å². The summed E-state index contributed by atoms with van der Waals surface area (Å²) < 4.78 is 6.79. The molecule has 3 nitrogen and oxygen atoms in total. The molecule has 2 aromatic heterocycles. The number of fused-ring (bicyclic) bond motifs is 13. The average molecular weight is 573 g/mol. The van der Waals surface area contributed by atoms with Crippen molar-refractivity contribution in [2.24, 2.45) is 0 Å². The molecule has 10 rings (SSSR count). The monoisotopic (exact) mass is 572 g/mol. The van der Waals surface area contributed by atoms with E-state index in [4.69, 9.17) is 14.4 Å². The van der Waals surface area contributed by atoms with Crippen molar-refractivity contribution in [3.63, 3.8) is 0 Å². The van der Waals surface area contributed by atoms with E-state index in [-0.39, 0.29) is 0 Å². The number of furan rings is 1. The third-order valence-corrected chi connectivity index (χ3v) is 9.28. The van der Waals surface area contributed by atoms with E-state index in [0.29, 0.717) is 5.82 Å². The maximum Gasteiger partial charge on any atom is 0.160 e. The van der Waals surface area contributed by atoms with Crippen molar-refractivity contribution in [1.29, 1.82) is 0 Å². The van der Waals surface area contributed by atoms with Crippen molar-refractivity contribution >= 4 is 75.9 Å². The normalized spacial score (nSPS) is 12.0. The zero-order valence-corrected chi connectivity index (χ0v) is 24.2. The van der Waals surface area contributed by atoms with Gasteiger partial charge in [-0.15, -0.1) is 0 Å². The zero-order chi connectivity index (χ0) is 29.5. The van der Waals surface area contributed by atoms with E-state index in [1.807, 2.05) is 12.3 Å². The highest BCUT2D eigenvalue weighted by Gasteiger charge is 2.22. The van der Waals surface area contributed by atoms with Gasteiger partial charge in [-0.1, -0.05) is 115 Å². The SMILES string of the molecule is c1ccc(-c2ccc3c(c2)c2ccccc2c2cc(-c4ncc5c(ccc6ccccc65)n4)c4c5ccccc5oc4c32)cc1. The minimum Gasteiger partial charge on any atom is -0.455 e. The Bertz CT molecular complexity index is 2810. The fourth-order valence-corrected chi connectivity index (χ4v) is 7.22. The van der Waals surface area contributed by atoms with Gasteiger partial charge in [-0.2, -0.15) is 0 Å². The molecule has 0 saturated heterocycles. The van der Waals surface area contributed by atoms with E-state index in [9.17, 15) is 0 Å². The van der Waals surface area contributed by atoms with E-state index in [1.54, 1.807) is 0 Å². The van der Waals surface area contributed by atoms with Gasteiger partial charge in [0.15, 0.2) is 5.82 Å². The number of rotatable bonds is 2. The molecule has 0 fully saturated rings. The second-order valence-electron chi connectivity index (χ2n) is 11.7. The van der Waals surface area contributed by atoms with Crippen LogP contribution in [-0.2, 0) is 0 Å². The Morgan fingerprint density at radius 1 is 0.444 bits per heavy atom. The summed E-state index contributed by atoms with van der Waals surface area (Å²) in [6.45, 7) is 0. The lowest BCUT2D eigenvalue weighted by Gasteiger charge is -2.14. The highest BCUT2D eigenvalue weighted by Crippen LogP contribution is 2.46. The molecule has 0 spiro atoms. The van der Waals surface area contributed by atoms with Gasteiger partial charge in [0.25, 0.3) is 0 Å². The Morgan fingerprint density at radius 2 is 1.18 bits per heavy atom. The summed E-state index contributed by atoms with van der Waals surface area (Å²) in [5.74, 6) is 0.694. The van der Waals surface area contributed by atoms with Crippen LogP contribution in [0.15, 0.2) is 150 Å². The van der Waals surface area contributed by atoms with Crippen LogP contribution in [0, 0.1) is 0 Å². The highest BCUT2D eigenvalue weighted by molar-refractivity contribution is 6.34. The number of hydrogen-bond acceptors (Lipinski definition) is 3. The molecule has 0 saturated carbocycles. The van der Waals surface area contributed by atoms with Gasteiger partial charge in [0.05, 0.1) is 5.52 Å². The Hall–Kier alpha value is -6.06. The van der Waals surface area contributed by atoms with Crippen LogP contribution in [0.2, 0.25) is 0 Å². The Balaban J connectivity index is 1.36. The van der Waals surface area contributed by atoms with Crippen LogP contribution in [-0.4, -0.2) is 9.97 Å². The lowest BCUT2D eigenvalue weighted by molar-refractivity contribution is 0.673. The summed E-state index contributed by atoms with van der Waals surface area (Å²) in [6, 6.07) is 49.3. The summed E-state index contributed by atoms with van der Waals surface area (Å²) in [5, 5.41) is 12.5. The maximum atomic E-state index is 6.79. The first-order valence-electron chi connectivity index (χ1n) is 15.2. The van der Waals surface area contributed by atoms with Crippen molar-refractivity contribution in [3.8, 4) is 22.5 Å². The molecule has 8 aromatic carbocycles. The topological polar surface area (TPSA) is 38.9 Å². The first-order chi connectivity index (χ1) is 22.3. The number of hydrogen-bond donors (Lipinski definition) is 0. The van der Waals surface area contributed by atoms with Crippen LogP contribution in [0.3, 0.4) is 0 Å². The molecule has 0 atom stereocenters. The molecule has 10 aromatic rings. The molecule has 208 valence electrons. The minimum atomic E-state index is 0.694. The predicted octanol–water partition coefficient (Wildman–Crippen LogP) is 11.5. The van der Waals surface area contributed by atoms with Gasteiger partial charge in [-0.05, 0) is 73.1 Å². The van der Waals surface area contributed by atoms with Crippen molar-refractivity contribution in [2.45, 2.75) is 0 Å². The Labute approximate surface area is 258 Å². The molecule has 2 heterocycles. The van der Waals surface area contributed by atoms with Gasteiger partial charge in [0.2, 0.25) is 0 Å². The molecule has 0 aliphatic carbocycles. The number of aromatic nitrogens is 2. The smallest absolute Gasteiger partial charge is 0.160 e. The molecule has 0 unspecified atom stereocenters. The quantitative estimate of drug-likeness (QED) is 0.193. The summed E-state index contributed by atoms with van der Waals surface area (Å²) >= 11 is 0. The first kappa shape index (κ1) is 24.4. The van der Waals surface area contributed by atoms with Crippen LogP contribution >= 0.6 is 0 Å². The van der Waals surface area contributed by atoms with Gasteiger partial charge in [0, 0.05) is 33.3 Å². The maximum absolute atomic E-state index is 6.79. The molecule has 3 heteroatoms. The van der Waals surface area contributed by atoms with Gasteiger partial charge < -0.3 is 4.42 Å². The molecule has 0 N–H and O–H groups in total. The minimum absolute atomic E-state index is 0.694. The van der Waals surface area contributed by atoms with Gasteiger partial charge in [-0.3, -0.25) is 0 Å². The van der Waals surface area contributed by atoms with Gasteiger partial charge >= 0.3 is 0 Å². The largest absolute Gasteiger partial charge is 0.455 e. The van der Waals surface area contributed by atoms with Crippen molar-refractivity contribution in [3.05, 3.63) is 146 Å². The lowest BCUT2D eigenvalue weighted by Crippen LogP contribution is -1.93. The molecule has 0 aliphatic rings. The predicted molar refractivity (Wildman–Crippen MR) is 188 cm³/mol. The third kappa shape index (κ3) is 3.52. The fourth-order valence-electron chi connectivity index (χ4n) is 7.22. The molecular formula is C42H24N2O. The summed E-state index contributed by atoms with van der Waals surface area (Å²) in [5.41, 5.74) is 6.03. The second kappa shape index (κ2) is 9.22. The van der Waals surface area contributed by atoms with Gasteiger partial charge in [-0.25, -0.2) is 9.97 Å². The van der Waals surface area contributed by atoms with Crippen LogP contribution < -0.4 is 0 Å². The third-order valence-electron chi connectivity index (χ3n) is 9.28. The summed E-state index contributed by atoms with van der Waals surface area (Å²) in [6.07, 6.45) is 1.97. The van der Waals surface area contributed by atoms with E-state index in [0.717, 1.165) is 54.6 Å². The van der Waals surface area contributed by atoms with E-state index < -0.39 is 0 Å². The van der Waals surface area contributed by atoms with Crippen LogP contribution in [0.4, 0.5) is 0 Å². The standard InChI is InChI=1S/C42H24N2O/c1-2-10-25(11-3-1)27-18-20-31-33(22-27)29-14-6-7-15-30(29)34-23-35(40-32-16-8-9-17-38(32)45-41(40)39(31)34)42-43-24-36-28-13-5-4-12-26(28)19-21-37(36)44-42/h1-24H. The van der Waals surface area contributed by atoms with Crippen molar-refractivity contribution in [2.75, 3.05) is 0 Å². The number of para-hydroxylation sites is 1. The van der Waals surface area contributed by atoms with Crippen molar-refractivity contribution < 1.29 is 4.42 Å². The summed E-state index contributed by atoms with van der Waals surface area (Å²) in [4.78, 5) is 10.2.